The first kappa shape index (κ1) is 19.0. The van der Waals surface area contributed by atoms with Crippen molar-refractivity contribution in [3.05, 3.63) is 48.2 Å². The Kier molecular flexibility index (Phi) is 4.87. The van der Waals surface area contributed by atoms with Crippen molar-refractivity contribution >= 4 is 16.9 Å². The van der Waals surface area contributed by atoms with Crippen LogP contribution in [0.15, 0.2) is 46.9 Å². The van der Waals surface area contributed by atoms with E-state index in [4.69, 9.17) is 13.9 Å². The summed E-state index contributed by atoms with van der Waals surface area (Å²) in [6.07, 6.45) is 2.32. The Balaban J connectivity index is 1.48. The molecule has 6 nitrogen and oxygen atoms in total. The van der Waals surface area contributed by atoms with Crippen LogP contribution in [0, 0.1) is 5.92 Å². The van der Waals surface area contributed by atoms with Crippen molar-refractivity contribution in [2.24, 2.45) is 5.92 Å². The highest BCUT2D eigenvalue weighted by molar-refractivity contribution is 6.00. The zero-order chi connectivity index (χ0) is 20.7. The molecule has 0 spiro atoms. The molecule has 0 aliphatic carbocycles. The molecule has 3 fully saturated rings. The topological polar surface area (TPSA) is 63.9 Å². The summed E-state index contributed by atoms with van der Waals surface area (Å²) in [7, 11) is 3.27. The number of nitrogens with zero attached hydrogens (tertiary/aromatic N) is 1. The highest BCUT2D eigenvalue weighted by Crippen LogP contribution is 2.38. The van der Waals surface area contributed by atoms with Gasteiger partial charge in [0.25, 0.3) is 5.91 Å². The Hall–Kier alpha value is -2.99. The van der Waals surface area contributed by atoms with Crippen LogP contribution in [0.2, 0.25) is 0 Å². The molecular weight excluding hydrogens is 380 g/mol. The van der Waals surface area contributed by atoms with E-state index in [0.717, 1.165) is 60.5 Å². The molecule has 1 amide bonds. The van der Waals surface area contributed by atoms with Crippen molar-refractivity contribution in [1.82, 2.24) is 10.2 Å². The number of hydrogen-bond donors (Lipinski definition) is 1. The average Bonchev–Trinajstić information content (AvgIpc) is 3.24. The second-order valence-corrected chi connectivity index (χ2v) is 8.12. The number of amides is 1. The third-order valence-corrected chi connectivity index (χ3v) is 6.44. The fraction of sp³-hybridized carbons (Fsp3) is 0.375. The number of furan rings is 1. The highest BCUT2D eigenvalue weighted by atomic mass is 16.5. The smallest absolute Gasteiger partial charge is 0.287 e. The van der Waals surface area contributed by atoms with Gasteiger partial charge in [-0.05, 0) is 56.1 Å². The van der Waals surface area contributed by atoms with Crippen molar-refractivity contribution in [2.75, 3.05) is 33.9 Å². The van der Waals surface area contributed by atoms with Gasteiger partial charge in [0.05, 0.1) is 14.2 Å². The van der Waals surface area contributed by atoms with Crippen LogP contribution in [0.4, 0.5) is 0 Å². The summed E-state index contributed by atoms with van der Waals surface area (Å²) in [5.41, 5.74) is 2.40. The van der Waals surface area contributed by atoms with Crippen molar-refractivity contribution in [3.63, 3.8) is 0 Å². The molecule has 0 unspecified atom stereocenters. The number of para-hydroxylation sites is 1. The maximum atomic E-state index is 13.0. The number of nitrogens with one attached hydrogen (secondary N) is 1. The molecule has 3 saturated heterocycles. The molecule has 3 aromatic rings. The van der Waals surface area contributed by atoms with Crippen LogP contribution in [0.3, 0.4) is 0 Å². The van der Waals surface area contributed by atoms with E-state index in [2.05, 4.69) is 10.2 Å². The number of methoxy groups -OCH3 is 2. The lowest BCUT2D eigenvalue weighted by atomic mass is 9.84. The number of hydrogen-bond acceptors (Lipinski definition) is 5. The molecule has 0 radical (unpaired) electrons. The quantitative estimate of drug-likeness (QED) is 0.695. The minimum Gasteiger partial charge on any atom is -0.497 e. The molecule has 2 bridgehead atoms. The van der Waals surface area contributed by atoms with E-state index in [1.54, 1.807) is 14.2 Å². The first-order valence-corrected chi connectivity index (χ1v) is 10.4. The van der Waals surface area contributed by atoms with Gasteiger partial charge in [0.2, 0.25) is 0 Å². The van der Waals surface area contributed by atoms with Gasteiger partial charge in [0, 0.05) is 29.1 Å². The standard InChI is InChI=1S/C24H26N2O4/c1-28-17-6-7-21(29-2)19(13-17)18-5-3-4-16-12-22(30-23(16)18)24(27)25-20-14-26-10-8-15(20)9-11-26/h3-7,12-13,15,20H,8-11,14H2,1-2H3,(H,25,27)/t20-/m0/s1. The fourth-order valence-electron chi connectivity index (χ4n) is 4.78. The number of ether oxygens (including phenoxy) is 2. The zero-order valence-electron chi connectivity index (χ0n) is 17.3. The molecule has 1 N–H and O–H groups in total. The summed E-state index contributed by atoms with van der Waals surface area (Å²) >= 11 is 0. The van der Waals surface area contributed by atoms with Crippen molar-refractivity contribution in [3.8, 4) is 22.6 Å². The lowest BCUT2D eigenvalue weighted by Crippen LogP contribution is -2.57. The second kappa shape index (κ2) is 7.69. The molecule has 4 heterocycles. The lowest BCUT2D eigenvalue weighted by Gasteiger charge is -2.44. The van der Waals surface area contributed by atoms with Gasteiger partial charge in [-0.25, -0.2) is 0 Å². The number of fused-ring (bicyclic) bond motifs is 4. The predicted octanol–water partition coefficient (Wildman–Crippen LogP) is 3.94. The minimum absolute atomic E-state index is 0.145. The molecular formula is C24H26N2O4. The minimum atomic E-state index is -0.145. The Labute approximate surface area is 175 Å². The average molecular weight is 406 g/mol. The molecule has 3 aliphatic rings. The molecule has 156 valence electrons. The number of rotatable bonds is 5. The molecule has 2 aromatic carbocycles. The Morgan fingerprint density at radius 2 is 1.90 bits per heavy atom. The van der Waals surface area contributed by atoms with Gasteiger partial charge < -0.3 is 24.1 Å². The van der Waals surface area contributed by atoms with E-state index in [-0.39, 0.29) is 11.9 Å². The molecule has 6 rings (SSSR count). The maximum Gasteiger partial charge on any atom is 0.287 e. The van der Waals surface area contributed by atoms with Crippen molar-refractivity contribution in [2.45, 2.75) is 18.9 Å². The summed E-state index contributed by atoms with van der Waals surface area (Å²) in [5.74, 6) is 2.22. The van der Waals surface area contributed by atoms with E-state index in [9.17, 15) is 4.79 Å². The van der Waals surface area contributed by atoms with Crippen LogP contribution < -0.4 is 14.8 Å². The normalized spacial score (nSPS) is 22.8. The van der Waals surface area contributed by atoms with Gasteiger partial charge in [-0.15, -0.1) is 0 Å². The Morgan fingerprint density at radius 1 is 1.07 bits per heavy atom. The first-order valence-electron chi connectivity index (χ1n) is 10.4. The number of carbonyl (C=O) groups is 1. The second-order valence-electron chi connectivity index (χ2n) is 8.12. The molecule has 3 aliphatic heterocycles. The largest absolute Gasteiger partial charge is 0.497 e. The molecule has 0 saturated carbocycles. The SMILES string of the molecule is COc1ccc(OC)c(-c2cccc3cc(C(=O)N[C@H]4CN5CCC4CC5)oc23)c1. The van der Waals surface area contributed by atoms with Gasteiger partial charge in [0.15, 0.2) is 5.76 Å². The van der Waals surface area contributed by atoms with Crippen LogP contribution >= 0.6 is 0 Å². The molecule has 6 heteroatoms. The van der Waals surface area contributed by atoms with Gasteiger partial charge in [-0.2, -0.15) is 0 Å². The first-order chi connectivity index (χ1) is 14.7. The van der Waals surface area contributed by atoms with Crippen LogP contribution in [-0.4, -0.2) is 50.7 Å². The van der Waals surface area contributed by atoms with Crippen LogP contribution in [0.5, 0.6) is 11.5 Å². The number of piperidine rings is 3. The van der Waals surface area contributed by atoms with E-state index < -0.39 is 0 Å². The van der Waals surface area contributed by atoms with Gasteiger partial charge >= 0.3 is 0 Å². The fourth-order valence-corrected chi connectivity index (χ4v) is 4.78. The van der Waals surface area contributed by atoms with Crippen molar-refractivity contribution < 1.29 is 18.7 Å². The van der Waals surface area contributed by atoms with E-state index in [1.807, 2.05) is 42.5 Å². The monoisotopic (exact) mass is 406 g/mol. The zero-order valence-corrected chi connectivity index (χ0v) is 17.3. The van der Waals surface area contributed by atoms with Crippen LogP contribution in [-0.2, 0) is 0 Å². The van der Waals surface area contributed by atoms with Gasteiger partial charge in [-0.1, -0.05) is 18.2 Å². The molecule has 1 atom stereocenters. The Bertz CT molecular complexity index is 1080. The molecule has 1 aromatic heterocycles. The summed E-state index contributed by atoms with van der Waals surface area (Å²) in [6, 6.07) is 13.6. The summed E-state index contributed by atoms with van der Waals surface area (Å²) in [6.45, 7) is 3.23. The van der Waals surface area contributed by atoms with Crippen LogP contribution in [0.1, 0.15) is 23.4 Å². The van der Waals surface area contributed by atoms with Crippen LogP contribution in [0.25, 0.3) is 22.1 Å². The van der Waals surface area contributed by atoms with E-state index in [0.29, 0.717) is 17.3 Å². The third-order valence-electron chi connectivity index (χ3n) is 6.44. The number of carbonyl (C=O) groups excluding carboxylic acids is 1. The Morgan fingerprint density at radius 3 is 2.60 bits per heavy atom. The van der Waals surface area contributed by atoms with E-state index in [1.165, 1.54) is 0 Å². The lowest BCUT2D eigenvalue weighted by molar-refractivity contribution is 0.0607. The maximum absolute atomic E-state index is 13.0. The third kappa shape index (κ3) is 3.31. The predicted molar refractivity (Wildman–Crippen MR) is 115 cm³/mol. The van der Waals surface area contributed by atoms with E-state index >= 15 is 0 Å². The highest BCUT2D eigenvalue weighted by Gasteiger charge is 2.35. The summed E-state index contributed by atoms with van der Waals surface area (Å²) < 4.78 is 17.0. The van der Waals surface area contributed by atoms with Gasteiger partial charge in [0.1, 0.15) is 17.1 Å². The number of benzene rings is 2. The van der Waals surface area contributed by atoms with Crippen molar-refractivity contribution in [1.29, 1.82) is 0 Å². The summed E-state index contributed by atoms with van der Waals surface area (Å²) in [4.78, 5) is 15.4. The summed E-state index contributed by atoms with van der Waals surface area (Å²) in [5, 5.41) is 4.09. The molecule has 30 heavy (non-hydrogen) atoms. The van der Waals surface area contributed by atoms with Gasteiger partial charge in [-0.3, -0.25) is 4.79 Å².